The SMILES string of the molecule is CN(c1nc(Cl)nc(Cl)n1)C1CCC(C)(C)CC1. The van der Waals surface area contributed by atoms with Crippen LogP contribution in [0.3, 0.4) is 0 Å². The summed E-state index contributed by atoms with van der Waals surface area (Å²) in [6, 6.07) is 0.451. The maximum Gasteiger partial charge on any atom is 0.230 e. The summed E-state index contributed by atoms with van der Waals surface area (Å²) in [5, 5.41) is 0.293. The molecular formula is C12H18Cl2N4. The average molecular weight is 289 g/mol. The molecule has 1 heterocycles. The van der Waals surface area contributed by atoms with Crippen molar-refractivity contribution in [3.63, 3.8) is 0 Å². The van der Waals surface area contributed by atoms with Crippen LogP contribution in [0.4, 0.5) is 5.95 Å². The second-order valence-electron chi connectivity index (χ2n) is 5.68. The Morgan fingerprint density at radius 3 is 2.06 bits per heavy atom. The van der Waals surface area contributed by atoms with Gasteiger partial charge in [-0.25, -0.2) is 0 Å². The molecule has 1 saturated carbocycles. The fourth-order valence-electron chi connectivity index (χ4n) is 2.41. The maximum atomic E-state index is 5.81. The molecule has 1 aliphatic carbocycles. The van der Waals surface area contributed by atoms with Crippen molar-refractivity contribution < 1.29 is 0 Å². The van der Waals surface area contributed by atoms with E-state index >= 15 is 0 Å². The van der Waals surface area contributed by atoms with Gasteiger partial charge in [-0.1, -0.05) is 13.8 Å². The van der Waals surface area contributed by atoms with E-state index in [9.17, 15) is 0 Å². The van der Waals surface area contributed by atoms with Crippen LogP contribution in [0.5, 0.6) is 0 Å². The van der Waals surface area contributed by atoms with Crippen LogP contribution >= 0.6 is 23.2 Å². The summed E-state index contributed by atoms with van der Waals surface area (Å²) in [5.41, 5.74) is 0.450. The quantitative estimate of drug-likeness (QED) is 0.834. The van der Waals surface area contributed by atoms with Crippen molar-refractivity contribution in [1.29, 1.82) is 0 Å². The third-order valence-electron chi connectivity index (χ3n) is 3.74. The standard InChI is InChI=1S/C12H18Cl2N4/c1-12(2)6-4-8(5-7-12)18(3)11-16-9(13)15-10(14)17-11/h8H,4-7H2,1-3H3. The minimum absolute atomic E-state index is 0.146. The van der Waals surface area contributed by atoms with Gasteiger partial charge in [-0.05, 0) is 54.3 Å². The molecule has 4 nitrogen and oxygen atoms in total. The zero-order valence-electron chi connectivity index (χ0n) is 11.0. The lowest BCUT2D eigenvalue weighted by Crippen LogP contribution is -2.38. The summed E-state index contributed by atoms with van der Waals surface area (Å²) in [6.45, 7) is 4.64. The van der Waals surface area contributed by atoms with Crippen molar-refractivity contribution in [2.45, 2.75) is 45.6 Å². The summed E-state index contributed by atoms with van der Waals surface area (Å²) in [5.74, 6) is 0.560. The molecule has 0 aliphatic heterocycles. The van der Waals surface area contributed by atoms with Gasteiger partial charge in [0.2, 0.25) is 16.5 Å². The minimum atomic E-state index is 0.146. The molecule has 6 heteroatoms. The molecule has 0 spiro atoms. The van der Waals surface area contributed by atoms with E-state index < -0.39 is 0 Å². The Labute approximate surface area is 118 Å². The molecule has 0 N–H and O–H groups in total. The van der Waals surface area contributed by atoms with Gasteiger partial charge in [0.25, 0.3) is 0 Å². The molecule has 100 valence electrons. The summed E-state index contributed by atoms with van der Waals surface area (Å²) in [4.78, 5) is 14.1. The van der Waals surface area contributed by atoms with E-state index in [1.807, 2.05) is 7.05 Å². The first-order valence-corrected chi connectivity index (χ1v) is 6.93. The monoisotopic (exact) mass is 288 g/mol. The van der Waals surface area contributed by atoms with E-state index in [2.05, 4.69) is 33.7 Å². The molecule has 2 rings (SSSR count). The molecule has 0 unspecified atom stereocenters. The molecule has 18 heavy (non-hydrogen) atoms. The Morgan fingerprint density at radius 1 is 1.06 bits per heavy atom. The Hall–Kier alpha value is -0.610. The normalized spacial score (nSPS) is 19.8. The van der Waals surface area contributed by atoms with Crippen molar-refractivity contribution in [3.8, 4) is 0 Å². The summed E-state index contributed by atoms with van der Waals surface area (Å²) in [7, 11) is 1.99. The summed E-state index contributed by atoms with van der Waals surface area (Å²) >= 11 is 11.6. The number of hydrogen-bond donors (Lipinski definition) is 0. The first-order chi connectivity index (χ1) is 8.37. The Balaban J connectivity index is 2.09. The highest BCUT2D eigenvalue weighted by atomic mass is 35.5. The predicted octanol–water partition coefficient (Wildman–Crippen LogP) is 3.58. The third-order valence-corrected chi connectivity index (χ3v) is 4.08. The molecule has 1 aliphatic rings. The maximum absolute atomic E-state index is 5.81. The van der Waals surface area contributed by atoms with Crippen LogP contribution in [-0.2, 0) is 0 Å². The van der Waals surface area contributed by atoms with Gasteiger partial charge in [0.1, 0.15) is 0 Å². The molecule has 0 amide bonds. The smallest absolute Gasteiger partial charge is 0.230 e. The van der Waals surface area contributed by atoms with Gasteiger partial charge in [-0.3, -0.25) is 0 Å². The van der Waals surface area contributed by atoms with Crippen molar-refractivity contribution in [3.05, 3.63) is 10.6 Å². The van der Waals surface area contributed by atoms with Crippen LogP contribution < -0.4 is 4.90 Å². The summed E-state index contributed by atoms with van der Waals surface area (Å²) in [6.07, 6.45) is 4.72. The molecule has 1 fully saturated rings. The van der Waals surface area contributed by atoms with Crippen molar-refractivity contribution in [1.82, 2.24) is 15.0 Å². The predicted molar refractivity (Wildman–Crippen MR) is 74.3 cm³/mol. The van der Waals surface area contributed by atoms with Crippen molar-refractivity contribution in [2.24, 2.45) is 5.41 Å². The van der Waals surface area contributed by atoms with E-state index in [0.29, 0.717) is 17.4 Å². The lowest BCUT2D eigenvalue weighted by Gasteiger charge is -2.38. The van der Waals surface area contributed by atoms with Crippen LogP contribution in [0, 0.1) is 5.41 Å². The Kier molecular flexibility index (Phi) is 3.97. The fraction of sp³-hybridized carbons (Fsp3) is 0.750. The van der Waals surface area contributed by atoms with Crippen LogP contribution in [0.1, 0.15) is 39.5 Å². The van der Waals surface area contributed by atoms with E-state index in [4.69, 9.17) is 23.2 Å². The largest absolute Gasteiger partial charge is 0.341 e. The zero-order chi connectivity index (χ0) is 13.3. The summed E-state index contributed by atoms with van der Waals surface area (Å²) < 4.78 is 0. The molecule has 0 atom stereocenters. The number of halogens is 2. The van der Waals surface area contributed by atoms with Gasteiger partial charge < -0.3 is 4.90 Å². The zero-order valence-corrected chi connectivity index (χ0v) is 12.5. The van der Waals surface area contributed by atoms with Crippen LogP contribution in [0.25, 0.3) is 0 Å². The number of hydrogen-bond acceptors (Lipinski definition) is 4. The van der Waals surface area contributed by atoms with E-state index in [1.165, 1.54) is 12.8 Å². The first kappa shape index (κ1) is 13.8. The number of anilines is 1. The van der Waals surface area contributed by atoms with E-state index in [-0.39, 0.29) is 10.6 Å². The molecule has 1 aromatic rings. The van der Waals surface area contributed by atoms with Crippen LogP contribution in [0.15, 0.2) is 0 Å². The highest BCUT2D eigenvalue weighted by Crippen LogP contribution is 2.37. The molecule has 0 bridgehead atoms. The number of nitrogens with zero attached hydrogens (tertiary/aromatic N) is 4. The topological polar surface area (TPSA) is 41.9 Å². The second kappa shape index (κ2) is 5.17. The van der Waals surface area contributed by atoms with Gasteiger partial charge in [0.05, 0.1) is 0 Å². The molecule has 0 saturated heterocycles. The lowest BCUT2D eigenvalue weighted by molar-refractivity contribution is 0.222. The molecule has 0 aromatic carbocycles. The van der Waals surface area contributed by atoms with Gasteiger partial charge in [-0.2, -0.15) is 15.0 Å². The number of aromatic nitrogens is 3. The van der Waals surface area contributed by atoms with Crippen molar-refractivity contribution in [2.75, 3.05) is 11.9 Å². The Bertz CT molecular complexity index is 406. The van der Waals surface area contributed by atoms with Crippen molar-refractivity contribution >= 4 is 29.2 Å². The van der Waals surface area contributed by atoms with Gasteiger partial charge in [-0.15, -0.1) is 0 Å². The van der Waals surface area contributed by atoms with Gasteiger partial charge in [0, 0.05) is 13.1 Å². The van der Waals surface area contributed by atoms with E-state index in [0.717, 1.165) is 12.8 Å². The lowest BCUT2D eigenvalue weighted by atomic mass is 9.75. The highest BCUT2D eigenvalue weighted by molar-refractivity contribution is 6.31. The average Bonchev–Trinajstić information content (AvgIpc) is 2.27. The van der Waals surface area contributed by atoms with E-state index in [1.54, 1.807) is 0 Å². The van der Waals surface area contributed by atoms with Crippen LogP contribution in [0.2, 0.25) is 10.6 Å². The molecule has 1 aromatic heterocycles. The minimum Gasteiger partial charge on any atom is -0.341 e. The molecular weight excluding hydrogens is 271 g/mol. The molecule has 0 radical (unpaired) electrons. The van der Waals surface area contributed by atoms with Gasteiger partial charge >= 0.3 is 0 Å². The Morgan fingerprint density at radius 2 is 1.56 bits per heavy atom. The second-order valence-corrected chi connectivity index (χ2v) is 6.36. The first-order valence-electron chi connectivity index (χ1n) is 6.17. The highest BCUT2D eigenvalue weighted by Gasteiger charge is 2.29. The number of rotatable bonds is 2. The van der Waals surface area contributed by atoms with Gasteiger partial charge in [0.15, 0.2) is 0 Å². The van der Waals surface area contributed by atoms with Crippen LogP contribution in [-0.4, -0.2) is 28.0 Å². The third kappa shape index (κ3) is 3.23. The fourth-order valence-corrected chi connectivity index (χ4v) is 2.76.